The Bertz CT molecular complexity index is 632. The van der Waals surface area contributed by atoms with Crippen molar-refractivity contribution in [2.45, 2.75) is 6.92 Å². The molecule has 0 aliphatic carbocycles. The molecule has 0 saturated heterocycles. The molecule has 0 aromatic heterocycles. The molecule has 4 heteroatoms. The van der Waals surface area contributed by atoms with Gasteiger partial charge in [-0.3, -0.25) is 9.59 Å². The van der Waals surface area contributed by atoms with Crippen molar-refractivity contribution in [1.82, 2.24) is 0 Å². The molecule has 0 radical (unpaired) electrons. The Hall–Kier alpha value is -2.62. The van der Waals surface area contributed by atoms with Gasteiger partial charge in [-0.05, 0) is 12.1 Å². The number of ether oxygens (including phenoxy) is 2. The van der Waals surface area contributed by atoms with Crippen LogP contribution in [-0.2, 0) is 4.79 Å². The van der Waals surface area contributed by atoms with Gasteiger partial charge in [-0.15, -0.1) is 0 Å². The number of hydrogen-bond acceptors (Lipinski definition) is 4. The highest BCUT2D eigenvalue weighted by Crippen LogP contribution is 2.30. The molecule has 0 aliphatic heterocycles. The molecule has 2 aromatic carbocycles. The smallest absolute Gasteiger partial charge is 0.308 e. The van der Waals surface area contributed by atoms with Crippen LogP contribution in [0.25, 0.3) is 0 Å². The van der Waals surface area contributed by atoms with Crippen LogP contribution in [0.5, 0.6) is 11.5 Å². The Morgan fingerprint density at radius 1 is 0.900 bits per heavy atom. The molecule has 0 fully saturated rings. The maximum Gasteiger partial charge on any atom is 0.308 e. The number of benzene rings is 2. The zero-order valence-corrected chi connectivity index (χ0v) is 11.3. The van der Waals surface area contributed by atoms with E-state index in [9.17, 15) is 9.59 Å². The minimum atomic E-state index is -0.486. The van der Waals surface area contributed by atoms with Gasteiger partial charge in [0, 0.05) is 12.5 Å². The number of hydrogen-bond donors (Lipinski definition) is 0. The van der Waals surface area contributed by atoms with E-state index in [0.717, 1.165) is 0 Å². The second-order valence-corrected chi connectivity index (χ2v) is 4.12. The summed E-state index contributed by atoms with van der Waals surface area (Å²) in [6, 6.07) is 13.7. The minimum absolute atomic E-state index is 0.200. The summed E-state index contributed by atoms with van der Waals surface area (Å²) >= 11 is 0. The lowest BCUT2D eigenvalue weighted by molar-refractivity contribution is -0.131. The van der Waals surface area contributed by atoms with Crippen molar-refractivity contribution in [1.29, 1.82) is 0 Å². The van der Waals surface area contributed by atoms with E-state index in [1.165, 1.54) is 14.0 Å². The molecular formula is C16H14O4. The molecule has 2 rings (SSSR count). The van der Waals surface area contributed by atoms with Crippen molar-refractivity contribution in [2.75, 3.05) is 7.11 Å². The predicted octanol–water partition coefficient (Wildman–Crippen LogP) is 2.85. The predicted molar refractivity (Wildman–Crippen MR) is 74.2 cm³/mol. The van der Waals surface area contributed by atoms with E-state index in [4.69, 9.17) is 9.47 Å². The number of esters is 1. The highest BCUT2D eigenvalue weighted by molar-refractivity contribution is 6.12. The molecule has 0 N–H and O–H groups in total. The fourth-order valence-corrected chi connectivity index (χ4v) is 1.88. The molecule has 0 aliphatic rings. The maximum absolute atomic E-state index is 12.6. The molecule has 2 aromatic rings. The number of methoxy groups -OCH3 is 1. The van der Waals surface area contributed by atoms with E-state index < -0.39 is 5.97 Å². The van der Waals surface area contributed by atoms with Gasteiger partial charge in [0.1, 0.15) is 17.1 Å². The second kappa shape index (κ2) is 6.02. The van der Waals surface area contributed by atoms with Gasteiger partial charge < -0.3 is 9.47 Å². The highest BCUT2D eigenvalue weighted by Gasteiger charge is 2.20. The monoisotopic (exact) mass is 270 g/mol. The number of carbonyl (C=O) groups is 2. The van der Waals surface area contributed by atoms with Crippen molar-refractivity contribution in [3.8, 4) is 11.5 Å². The fraction of sp³-hybridized carbons (Fsp3) is 0.125. The van der Waals surface area contributed by atoms with E-state index in [1.54, 1.807) is 42.5 Å². The lowest BCUT2D eigenvalue weighted by atomic mass is 10.0. The Morgan fingerprint density at radius 3 is 2.15 bits per heavy atom. The topological polar surface area (TPSA) is 52.6 Å². The van der Waals surface area contributed by atoms with Gasteiger partial charge in [-0.2, -0.15) is 0 Å². The van der Waals surface area contributed by atoms with Crippen LogP contribution in [0.2, 0.25) is 0 Å². The van der Waals surface area contributed by atoms with Gasteiger partial charge in [0.2, 0.25) is 5.78 Å². The van der Waals surface area contributed by atoms with Crippen molar-refractivity contribution in [3.63, 3.8) is 0 Å². The molecule has 4 nitrogen and oxygen atoms in total. The van der Waals surface area contributed by atoms with Gasteiger partial charge in [-0.25, -0.2) is 0 Å². The standard InChI is InChI=1S/C16H14O4/c1-11(17)20-14-10-6-9-13(19-2)15(14)16(18)12-7-4-3-5-8-12/h3-10H,1-2H3. The van der Waals surface area contributed by atoms with Crippen molar-refractivity contribution in [3.05, 3.63) is 59.7 Å². The molecule has 0 spiro atoms. The first kappa shape index (κ1) is 13.8. The van der Waals surface area contributed by atoms with Crippen LogP contribution in [0, 0.1) is 0 Å². The molecule has 0 atom stereocenters. The number of ketones is 1. The fourth-order valence-electron chi connectivity index (χ4n) is 1.88. The van der Waals surface area contributed by atoms with Gasteiger partial charge in [0.25, 0.3) is 0 Å². The van der Waals surface area contributed by atoms with Crippen LogP contribution in [0.3, 0.4) is 0 Å². The third-order valence-electron chi connectivity index (χ3n) is 2.72. The quantitative estimate of drug-likeness (QED) is 0.487. The Kier molecular flexibility index (Phi) is 4.15. The van der Waals surface area contributed by atoms with Crippen molar-refractivity contribution >= 4 is 11.8 Å². The van der Waals surface area contributed by atoms with Crippen LogP contribution in [0.1, 0.15) is 22.8 Å². The summed E-state index contributed by atoms with van der Waals surface area (Å²) in [4.78, 5) is 23.7. The second-order valence-electron chi connectivity index (χ2n) is 4.12. The van der Waals surface area contributed by atoms with Crippen LogP contribution < -0.4 is 9.47 Å². The van der Waals surface area contributed by atoms with Crippen molar-refractivity contribution in [2.24, 2.45) is 0 Å². The largest absolute Gasteiger partial charge is 0.496 e. The Labute approximate surface area is 116 Å². The normalized spacial score (nSPS) is 9.90. The average molecular weight is 270 g/mol. The third kappa shape index (κ3) is 2.85. The first-order valence-corrected chi connectivity index (χ1v) is 6.08. The van der Waals surface area contributed by atoms with Gasteiger partial charge in [-0.1, -0.05) is 36.4 Å². The first-order chi connectivity index (χ1) is 9.63. The molecular weight excluding hydrogens is 256 g/mol. The molecule has 0 bridgehead atoms. The van der Waals surface area contributed by atoms with Gasteiger partial charge in [0.05, 0.1) is 7.11 Å². The minimum Gasteiger partial charge on any atom is -0.496 e. The molecule has 20 heavy (non-hydrogen) atoms. The Balaban J connectivity index is 2.53. The van der Waals surface area contributed by atoms with E-state index in [1.807, 2.05) is 6.07 Å². The summed E-state index contributed by atoms with van der Waals surface area (Å²) in [5.41, 5.74) is 0.752. The average Bonchev–Trinajstić information content (AvgIpc) is 2.46. The molecule has 0 unspecified atom stereocenters. The summed E-state index contributed by atoms with van der Waals surface area (Å²) in [5, 5.41) is 0. The third-order valence-corrected chi connectivity index (χ3v) is 2.72. The molecule has 0 amide bonds. The van der Waals surface area contributed by atoms with Crippen LogP contribution in [0.15, 0.2) is 48.5 Å². The Morgan fingerprint density at radius 2 is 1.55 bits per heavy atom. The lowest BCUT2D eigenvalue weighted by Gasteiger charge is -2.12. The lowest BCUT2D eigenvalue weighted by Crippen LogP contribution is -2.10. The highest BCUT2D eigenvalue weighted by atomic mass is 16.5. The van der Waals surface area contributed by atoms with Crippen LogP contribution in [0.4, 0.5) is 0 Å². The zero-order valence-electron chi connectivity index (χ0n) is 11.3. The summed E-state index contributed by atoms with van der Waals surface area (Å²) in [6.45, 7) is 1.29. The number of rotatable bonds is 4. The number of carbonyl (C=O) groups excluding carboxylic acids is 2. The molecule has 102 valence electrons. The maximum atomic E-state index is 12.6. The van der Waals surface area contributed by atoms with Gasteiger partial charge in [0.15, 0.2) is 0 Å². The van der Waals surface area contributed by atoms with Crippen molar-refractivity contribution < 1.29 is 19.1 Å². The van der Waals surface area contributed by atoms with Gasteiger partial charge >= 0.3 is 5.97 Å². The molecule has 0 saturated carbocycles. The van der Waals surface area contributed by atoms with Crippen LogP contribution >= 0.6 is 0 Å². The van der Waals surface area contributed by atoms with Crippen LogP contribution in [-0.4, -0.2) is 18.9 Å². The zero-order chi connectivity index (χ0) is 14.5. The summed E-state index contributed by atoms with van der Waals surface area (Å²) < 4.78 is 10.3. The van der Waals surface area contributed by atoms with E-state index >= 15 is 0 Å². The first-order valence-electron chi connectivity index (χ1n) is 6.08. The van der Waals surface area contributed by atoms with E-state index in [-0.39, 0.29) is 17.1 Å². The summed E-state index contributed by atoms with van der Waals surface area (Å²) in [5.74, 6) is -0.164. The summed E-state index contributed by atoms with van der Waals surface area (Å²) in [6.07, 6.45) is 0. The molecule has 0 heterocycles. The summed E-state index contributed by atoms with van der Waals surface area (Å²) in [7, 11) is 1.47. The van der Waals surface area contributed by atoms with E-state index in [0.29, 0.717) is 11.3 Å². The SMILES string of the molecule is COc1cccc(OC(C)=O)c1C(=O)c1ccccc1. The van der Waals surface area contributed by atoms with E-state index in [2.05, 4.69) is 0 Å².